The number of amides is 1. The quantitative estimate of drug-likeness (QED) is 0.789. The van der Waals surface area contributed by atoms with Gasteiger partial charge in [0.2, 0.25) is 5.88 Å². The lowest BCUT2D eigenvalue weighted by Crippen LogP contribution is -2.17. The minimum atomic E-state index is -0.968. The van der Waals surface area contributed by atoms with Crippen LogP contribution in [0.25, 0.3) is 0 Å². The third-order valence-electron chi connectivity index (χ3n) is 0.989. The summed E-state index contributed by atoms with van der Waals surface area (Å²) in [6, 6.07) is 1.28. The Bertz CT molecular complexity index is 318. The normalized spacial score (nSPS) is 9.50. The lowest BCUT2D eigenvalue weighted by molar-refractivity contribution is 0.209. The van der Waals surface area contributed by atoms with Crippen molar-refractivity contribution in [1.29, 1.82) is 0 Å². The van der Waals surface area contributed by atoms with Gasteiger partial charge >= 0.3 is 6.09 Å². The minimum Gasteiger partial charge on any atom is -0.391 e. The first-order valence-corrected chi connectivity index (χ1v) is 3.96. The van der Waals surface area contributed by atoms with Gasteiger partial charge in [0, 0.05) is 6.07 Å². The maximum Gasteiger partial charge on any atom is 0.411 e. The second-order valence-electron chi connectivity index (χ2n) is 1.86. The van der Waals surface area contributed by atoms with E-state index >= 15 is 0 Å². The summed E-state index contributed by atoms with van der Waals surface area (Å²) in [5.74, 6) is -0.472. The lowest BCUT2D eigenvalue weighted by Gasteiger charge is -1.99. The largest absolute Gasteiger partial charge is 0.411 e. The van der Waals surface area contributed by atoms with Crippen LogP contribution in [0.4, 0.5) is 9.18 Å². The number of rotatable bonds is 1. The summed E-state index contributed by atoms with van der Waals surface area (Å²) in [4.78, 5) is 13.7. The third kappa shape index (κ3) is 2.29. The van der Waals surface area contributed by atoms with Crippen molar-refractivity contribution in [2.24, 2.45) is 5.73 Å². The number of pyridine rings is 1. The number of hydrogen-bond acceptors (Lipinski definition) is 3. The van der Waals surface area contributed by atoms with E-state index in [1.807, 2.05) is 0 Å². The van der Waals surface area contributed by atoms with Gasteiger partial charge in [0.05, 0.1) is 9.77 Å². The molecule has 0 aliphatic rings. The number of aromatic nitrogens is 1. The first-order chi connectivity index (χ1) is 5.59. The van der Waals surface area contributed by atoms with Crippen LogP contribution < -0.4 is 10.5 Å². The van der Waals surface area contributed by atoms with E-state index in [0.29, 0.717) is 3.57 Å². The number of halogens is 2. The highest BCUT2D eigenvalue weighted by Crippen LogP contribution is 2.14. The molecule has 64 valence electrons. The number of carbonyl (C=O) groups is 1. The Kier molecular flexibility index (Phi) is 2.79. The number of nitrogens with zero attached hydrogens (tertiary/aromatic N) is 1. The van der Waals surface area contributed by atoms with Gasteiger partial charge < -0.3 is 10.5 Å². The van der Waals surface area contributed by atoms with Gasteiger partial charge in [-0.05, 0) is 22.6 Å². The van der Waals surface area contributed by atoms with Crippen molar-refractivity contribution in [2.45, 2.75) is 0 Å². The standard InChI is InChI=1S/C6H4FIN2O2/c7-3-2-10-5(1-4(3)8)12-6(9)11/h1-2H,(H2,9,11). The molecule has 0 aromatic carbocycles. The average molecular weight is 282 g/mol. The lowest BCUT2D eigenvalue weighted by atomic mass is 10.5. The van der Waals surface area contributed by atoms with E-state index in [4.69, 9.17) is 5.73 Å². The van der Waals surface area contributed by atoms with Crippen LogP contribution in [0.3, 0.4) is 0 Å². The summed E-state index contributed by atoms with van der Waals surface area (Å²) in [7, 11) is 0. The average Bonchev–Trinajstić information content (AvgIpc) is 1.96. The molecule has 0 spiro atoms. The van der Waals surface area contributed by atoms with E-state index in [2.05, 4.69) is 9.72 Å². The molecule has 0 unspecified atom stereocenters. The van der Waals surface area contributed by atoms with Gasteiger partial charge in [-0.25, -0.2) is 14.2 Å². The monoisotopic (exact) mass is 282 g/mol. The van der Waals surface area contributed by atoms with Crippen LogP contribution in [-0.2, 0) is 0 Å². The van der Waals surface area contributed by atoms with Gasteiger partial charge in [0.25, 0.3) is 0 Å². The van der Waals surface area contributed by atoms with Gasteiger partial charge in [-0.2, -0.15) is 0 Å². The van der Waals surface area contributed by atoms with E-state index < -0.39 is 11.9 Å². The summed E-state index contributed by atoms with van der Waals surface area (Å²) in [5, 5.41) is 0. The third-order valence-corrected chi connectivity index (χ3v) is 1.82. The number of ether oxygens (including phenoxy) is 1. The molecule has 0 saturated heterocycles. The number of primary amides is 1. The van der Waals surface area contributed by atoms with Gasteiger partial charge in [0.1, 0.15) is 0 Å². The minimum absolute atomic E-state index is 0.00620. The van der Waals surface area contributed by atoms with Crippen molar-refractivity contribution in [2.75, 3.05) is 0 Å². The van der Waals surface area contributed by atoms with Crippen LogP contribution in [-0.4, -0.2) is 11.1 Å². The number of nitrogens with two attached hydrogens (primary N) is 1. The highest BCUT2D eigenvalue weighted by Gasteiger charge is 2.04. The molecule has 2 N–H and O–H groups in total. The molecule has 1 amide bonds. The van der Waals surface area contributed by atoms with Gasteiger partial charge in [-0.1, -0.05) is 0 Å². The Labute approximate surface area is 81.1 Å². The number of hydrogen-bond donors (Lipinski definition) is 1. The maximum absolute atomic E-state index is 12.6. The Balaban J connectivity index is 2.89. The molecule has 0 bridgehead atoms. The zero-order valence-corrected chi connectivity index (χ0v) is 7.91. The molecular formula is C6H4FIN2O2. The number of carbonyl (C=O) groups excluding carboxylic acids is 1. The van der Waals surface area contributed by atoms with E-state index in [0.717, 1.165) is 6.20 Å². The summed E-state index contributed by atoms with van der Waals surface area (Å²) in [5.41, 5.74) is 4.72. The molecule has 1 rings (SSSR count). The molecule has 0 aliphatic carbocycles. The molecule has 0 atom stereocenters. The van der Waals surface area contributed by atoms with Gasteiger partial charge in [-0.15, -0.1) is 0 Å². The molecule has 1 aromatic heterocycles. The fraction of sp³-hybridized carbons (Fsp3) is 0. The SMILES string of the molecule is NC(=O)Oc1cc(I)c(F)cn1. The van der Waals surface area contributed by atoms with E-state index in [-0.39, 0.29) is 5.88 Å². The van der Waals surface area contributed by atoms with Crippen LogP contribution in [0.5, 0.6) is 5.88 Å². The molecule has 1 aromatic rings. The summed E-state index contributed by atoms with van der Waals surface area (Å²) in [6.07, 6.45) is -0.00930. The summed E-state index contributed by atoms with van der Waals surface area (Å²) >= 11 is 1.75. The molecule has 12 heavy (non-hydrogen) atoms. The smallest absolute Gasteiger partial charge is 0.391 e. The first kappa shape index (κ1) is 9.17. The first-order valence-electron chi connectivity index (χ1n) is 2.88. The van der Waals surface area contributed by atoms with Crippen LogP contribution in [0.2, 0.25) is 0 Å². The zero-order chi connectivity index (χ0) is 9.14. The van der Waals surface area contributed by atoms with Crippen molar-refractivity contribution in [3.63, 3.8) is 0 Å². The van der Waals surface area contributed by atoms with Crippen LogP contribution in [0, 0.1) is 9.39 Å². The Morgan fingerprint density at radius 1 is 1.75 bits per heavy atom. The van der Waals surface area contributed by atoms with E-state index in [9.17, 15) is 9.18 Å². The van der Waals surface area contributed by atoms with Crippen LogP contribution in [0.15, 0.2) is 12.3 Å². The molecule has 4 nitrogen and oxygen atoms in total. The highest BCUT2D eigenvalue weighted by atomic mass is 127. The molecule has 1 heterocycles. The highest BCUT2D eigenvalue weighted by molar-refractivity contribution is 14.1. The fourth-order valence-electron chi connectivity index (χ4n) is 0.555. The van der Waals surface area contributed by atoms with Crippen molar-refractivity contribution < 1.29 is 13.9 Å². The second-order valence-corrected chi connectivity index (χ2v) is 3.02. The van der Waals surface area contributed by atoms with Gasteiger partial charge in [0.15, 0.2) is 5.82 Å². The van der Waals surface area contributed by atoms with Crippen molar-refractivity contribution in [1.82, 2.24) is 4.98 Å². The topological polar surface area (TPSA) is 65.2 Å². The predicted molar refractivity (Wildman–Crippen MR) is 47.1 cm³/mol. The van der Waals surface area contributed by atoms with Crippen molar-refractivity contribution in [3.8, 4) is 5.88 Å². The maximum atomic E-state index is 12.6. The van der Waals surface area contributed by atoms with E-state index in [1.165, 1.54) is 6.07 Å². The van der Waals surface area contributed by atoms with Crippen LogP contribution >= 0.6 is 22.6 Å². The van der Waals surface area contributed by atoms with Crippen molar-refractivity contribution in [3.05, 3.63) is 21.7 Å². The van der Waals surface area contributed by atoms with Crippen LogP contribution in [0.1, 0.15) is 0 Å². The second kappa shape index (κ2) is 3.65. The summed E-state index contributed by atoms with van der Waals surface area (Å²) < 4.78 is 17.3. The summed E-state index contributed by atoms with van der Waals surface area (Å²) in [6.45, 7) is 0. The Hall–Kier alpha value is -0.920. The predicted octanol–water partition coefficient (Wildman–Crippen LogP) is 1.28. The molecule has 0 aliphatic heterocycles. The Morgan fingerprint density at radius 3 is 2.92 bits per heavy atom. The molecule has 0 radical (unpaired) electrons. The molecule has 6 heteroatoms. The molecule has 0 fully saturated rings. The zero-order valence-electron chi connectivity index (χ0n) is 5.75. The molecular weight excluding hydrogens is 278 g/mol. The van der Waals surface area contributed by atoms with E-state index in [1.54, 1.807) is 22.6 Å². The van der Waals surface area contributed by atoms with Crippen molar-refractivity contribution >= 4 is 28.7 Å². The molecule has 0 saturated carbocycles. The van der Waals surface area contributed by atoms with Gasteiger partial charge in [-0.3, -0.25) is 0 Å². The Morgan fingerprint density at radius 2 is 2.42 bits per heavy atom. The fourth-order valence-corrected chi connectivity index (χ4v) is 0.961.